The summed E-state index contributed by atoms with van der Waals surface area (Å²) >= 11 is 0. The summed E-state index contributed by atoms with van der Waals surface area (Å²) in [4.78, 5) is 32.1. The Bertz CT molecular complexity index is 937. The Morgan fingerprint density at radius 2 is 1.77 bits per heavy atom. The maximum atomic E-state index is 13.1. The van der Waals surface area contributed by atoms with E-state index in [1.807, 2.05) is 29.2 Å². The highest BCUT2D eigenvalue weighted by Crippen LogP contribution is 2.36. The number of piperazine rings is 1. The van der Waals surface area contributed by atoms with Crippen LogP contribution in [0, 0.1) is 0 Å². The SMILES string of the molecule is O=C1Nc2cc(C(=O)N3CCN(Cc4ccccc4)CC3)ccc2N2CCCC[C@H]12. The molecule has 1 N–H and O–H groups in total. The number of hydrogen-bond acceptors (Lipinski definition) is 4. The van der Waals surface area contributed by atoms with Crippen LogP contribution in [-0.4, -0.2) is 60.4 Å². The lowest BCUT2D eigenvalue weighted by molar-refractivity contribution is -0.118. The molecular weight excluding hydrogens is 376 g/mol. The molecule has 6 nitrogen and oxygen atoms in total. The van der Waals surface area contributed by atoms with Crippen molar-refractivity contribution in [2.75, 3.05) is 42.9 Å². The third-order valence-electron chi connectivity index (χ3n) is 6.52. The number of anilines is 2. The van der Waals surface area contributed by atoms with E-state index in [1.54, 1.807) is 0 Å². The van der Waals surface area contributed by atoms with E-state index < -0.39 is 0 Å². The first kappa shape index (κ1) is 19.1. The van der Waals surface area contributed by atoms with Crippen molar-refractivity contribution in [1.29, 1.82) is 0 Å². The minimum atomic E-state index is -0.0644. The van der Waals surface area contributed by atoms with Crippen LogP contribution in [0.1, 0.15) is 35.2 Å². The van der Waals surface area contributed by atoms with Crippen molar-refractivity contribution in [2.45, 2.75) is 31.8 Å². The minimum absolute atomic E-state index is 0.0483. The van der Waals surface area contributed by atoms with Crippen LogP contribution in [0.15, 0.2) is 48.5 Å². The predicted molar refractivity (Wildman–Crippen MR) is 118 cm³/mol. The summed E-state index contributed by atoms with van der Waals surface area (Å²) in [6, 6.07) is 16.2. The van der Waals surface area contributed by atoms with Crippen molar-refractivity contribution in [3.05, 3.63) is 59.7 Å². The smallest absolute Gasteiger partial charge is 0.254 e. The molecule has 3 aliphatic heterocycles. The van der Waals surface area contributed by atoms with Crippen LogP contribution in [0.2, 0.25) is 0 Å². The van der Waals surface area contributed by atoms with Gasteiger partial charge in [0.1, 0.15) is 6.04 Å². The van der Waals surface area contributed by atoms with Gasteiger partial charge in [-0.1, -0.05) is 30.3 Å². The van der Waals surface area contributed by atoms with Gasteiger partial charge in [0.25, 0.3) is 5.91 Å². The fourth-order valence-electron chi connectivity index (χ4n) is 4.86. The Kier molecular flexibility index (Phi) is 5.17. The van der Waals surface area contributed by atoms with Crippen molar-refractivity contribution in [1.82, 2.24) is 9.80 Å². The predicted octanol–water partition coefficient (Wildman–Crippen LogP) is 2.96. The Balaban J connectivity index is 1.25. The van der Waals surface area contributed by atoms with Crippen molar-refractivity contribution in [2.24, 2.45) is 0 Å². The summed E-state index contributed by atoms with van der Waals surface area (Å²) in [6.07, 6.45) is 3.10. The van der Waals surface area contributed by atoms with E-state index >= 15 is 0 Å². The van der Waals surface area contributed by atoms with E-state index in [1.165, 1.54) is 5.56 Å². The van der Waals surface area contributed by atoms with Gasteiger partial charge in [0.05, 0.1) is 11.4 Å². The highest BCUT2D eigenvalue weighted by molar-refractivity contribution is 6.05. The first-order valence-electron chi connectivity index (χ1n) is 11.0. The molecule has 0 radical (unpaired) electrons. The molecule has 0 spiro atoms. The Morgan fingerprint density at radius 1 is 0.967 bits per heavy atom. The van der Waals surface area contributed by atoms with Crippen LogP contribution in [0.5, 0.6) is 0 Å². The molecule has 2 aromatic rings. The molecule has 2 amide bonds. The lowest BCUT2D eigenvalue weighted by Crippen LogP contribution is -2.50. The summed E-state index contributed by atoms with van der Waals surface area (Å²) < 4.78 is 0. The molecule has 3 heterocycles. The highest BCUT2D eigenvalue weighted by Gasteiger charge is 2.35. The van der Waals surface area contributed by atoms with Crippen LogP contribution in [0.25, 0.3) is 0 Å². The van der Waals surface area contributed by atoms with Crippen LogP contribution >= 0.6 is 0 Å². The first-order chi connectivity index (χ1) is 14.7. The molecule has 2 aromatic carbocycles. The van der Waals surface area contributed by atoms with Gasteiger partial charge in [-0.15, -0.1) is 0 Å². The van der Waals surface area contributed by atoms with Crippen molar-refractivity contribution in [3.8, 4) is 0 Å². The van der Waals surface area contributed by atoms with Gasteiger partial charge >= 0.3 is 0 Å². The molecule has 2 saturated heterocycles. The summed E-state index contributed by atoms with van der Waals surface area (Å²) in [5.41, 5.74) is 3.77. The second-order valence-corrected chi connectivity index (χ2v) is 8.48. The molecule has 0 bridgehead atoms. The van der Waals surface area contributed by atoms with E-state index in [0.29, 0.717) is 5.56 Å². The maximum absolute atomic E-state index is 13.1. The largest absolute Gasteiger partial charge is 0.358 e. The molecule has 2 fully saturated rings. The molecule has 0 unspecified atom stereocenters. The average Bonchev–Trinajstić information content (AvgIpc) is 2.80. The Hall–Kier alpha value is -2.86. The Labute approximate surface area is 177 Å². The number of fused-ring (bicyclic) bond motifs is 3. The zero-order chi connectivity index (χ0) is 20.5. The van der Waals surface area contributed by atoms with E-state index in [9.17, 15) is 9.59 Å². The number of nitrogens with zero attached hydrogens (tertiary/aromatic N) is 3. The van der Waals surface area contributed by atoms with Crippen molar-refractivity contribution >= 4 is 23.2 Å². The van der Waals surface area contributed by atoms with E-state index in [0.717, 1.165) is 69.9 Å². The van der Waals surface area contributed by atoms with Crippen LogP contribution in [0.4, 0.5) is 11.4 Å². The third kappa shape index (κ3) is 3.67. The summed E-state index contributed by atoms with van der Waals surface area (Å²) in [7, 11) is 0. The molecule has 1 atom stereocenters. The Morgan fingerprint density at radius 3 is 2.57 bits per heavy atom. The highest BCUT2D eigenvalue weighted by atomic mass is 16.2. The van der Waals surface area contributed by atoms with E-state index in [-0.39, 0.29) is 17.9 Å². The quantitative estimate of drug-likeness (QED) is 0.855. The van der Waals surface area contributed by atoms with Gasteiger partial charge in [-0.2, -0.15) is 0 Å². The first-order valence-corrected chi connectivity index (χ1v) is 11.0. The summed E-state index contributed by atoms with van der Waals surface area (Å²) in [5, 5.41) is 3.03. The zero-order valence-electron chi connectivity index (χ0n) is 17.2. The lowest BCUT2D eigenvalue weighted by atomic mass is 9.96. The number of carbonyl (C=O) groups excluding carboxylic acids is 2. The van der Waals surface area contributed by atoms with Gasteiger partial charge in [-0.3, -0.25) is 14.5 Å². The van der Waals surface area contributed by atoms with Gasteiger partial charge in [0.2, 0.25) is 5.91 Å². The van der Waals surface area contributed by atoms with Gasteiger partial charge in [-0.25, -0.2) is 0 Å². The molecule has 3 aliphatic rings. The second kappa shape index (κ2) is 8.11. The van der Waals surface area contributed by atoms with Gasteiger partial charge in [-0.05, 0) is 43.0 Å². The van der Waals surface area contributed by atoms with Crippen molar-refractivity contribution < 1.29 is 9.59 Å². The van der Waals surface area contributed by atoms with Gasteiger partial charge in [0, 0.05) is 44.8 Å². The van der Waals surface area contributed by atoms with Crippen LogP contribution < -0.4 is 10.2 Å². The number of benzene rings is 2. The lowest BCUT2D eigenvalue weighted by Gasteiger charge is -2.41. The molecule has 6 heteroatoms. The molecule has 0 aromatic heterocycles. The monoisotopic (exact) mass is 404 g/mol. The van der Waals surface area contributed by atoms with Crippen molar-refractivity contribution in [3.63, 3.8) is 0 Å². The summed E-state index contributed by atoms with van der Waals surface area (Å²) in [5.74, 6) is 0.105. The number of nitrogens with one attached hydrogen (secondary N) is 1. The standard InChI is InChI=1S/C24H28N4O2/c29-23-22-8-4-5-11-28(22)21-10-9-19(16-20(21)25-23)24(30)27-14-12-26(13-15-27)17-18-6-2-1-3-7-18/h1-3,6-7,9-10,16,22H,4-5,8,11-15,17H2,(H,25,29)/t22-/m1/s1. The number of hydrogen-bond donors (Lipinski definition) is 1. The maximum Gasteiger partial charge on any atom is 0.254 e. The molecule has 30 heavy (non-hydrogen) atoms. The molecule has 156 valence electrons. The van der Waals surface area contributed by atoms with Crippen LogP contribution in [0.3, 0.4) is 0 Å². The fourth-order valence-corrected chi connectivity index (χ4v) is 4.86. The molecule has 5 rings (SSSR count). The van der Waals surface area contributed by atoms with E-state index in [2.05, 4.69) is 39.4 Å². The number of carbonyl (C=O) groups is 2. The third-order valence-corrected chi connectivity index (χ3v) is 6.52. The normalized spacial score (nSPS) is 21.6. The molecular formula is C24H28N4O2. The number of rotatable bonds is 3. The van der Waals surface area contributed by atoms with Gasteiger partial charge in [0.15, 0.2) is 0 Å². The van der Waals surface area contributed by atoms with E-state index in [4.69, 9.17) is 0 Å². The average molecular weight is 405 g/mol. The molecule has 0 aliphatic carbocycles. The number of piperidine rings is 1. The topological polar surface area (TPSA) is 55.9 Å². The molecule has 0 saturated carbocycles. The second-order valence-electron chi connectivity index (χ2n) is 8.48. The fraction of sp³-hybridized carbons (Fsp3) is 0.417. The number of amides is 2. The van der Waals surface area contributed by atoms with Crippen LogP contribution in [-0.2, 0) is 11.3 Å². The minimum Gasteiger partial charge on any atom is -0.358 e. The summed E-state index contributed by atoms with van der Waals surface area (Å²) in [6.45, 7) is 5.02. The van der Waals surface area contributed by atoms with Gasteiger partial charge < -0.3 is 15.1 Å². The zero-order valence-corrected chi connectivity index (χ0v) is 17.2.